The van der Waals surface area contributed by atoms with Gasteiger partial charge in [-0.3, -0.25) is 4.79 Å². The number of hydrogen-bond donors (Lipinski definition) is 1. The van der Waals surface area contributed by atoms with Crippen LogP contribution in [0.3, 0.4) is 0 Å². The lowest BCUT2D eigenvalue weighted by atomic mass is 9.42. The summed E-state index contributed by atoms with van der Waals surface area (Å²) in [7, 11) is -0.488. The van der Waals surface area contributed by atoms with Gasteiger partial charge in [-0.2, -0.15) is 0 Å². The van der Waals surface area contributed by atoms with Crippen molar-refractivity contribution in [3.05, 3.63) is 0 Å². The Kier molecular flexibility index (Phi) is 6.92. The zero-order valence-electron chi connectivity index (χ0n) is 22.1. The fourth-order valence-corrected chi connectivity index (χ4v) is 9.11. The van der Waals surface area contributed by atoms with E-state index in [2.05, 4.69) is 40.8 Å². The van der Waals surface area contributed by atoms with Gasteiger partial charge < -0.3 is 19.0 Å². The maximum absolute atomic E-state index is 12.9. The number of hydrogen-bond acceptors (Lipinski definition) is 5. The number of aliphatic hydroxyl groups is 1. The maximum atomic E-state index is 12.9. The van der Waals surface area contributed by atoms with Gasteiger partial charge in [-0.25, -0.2) is 0 Å². The molecule has 0 bridgehead atoms. The van der Waals surface area contributed by atoms with E-state index in [0.717, 1.165) is 38.7 Å². The first-order valence-electron chi connectivity index (χ1n) is 13.4. The van der Waals surface area contributed by atoms with E-state index in [1.807, 2.05) is 0 Å². The Morgan fingerprint density at radius 1 is 1.15 bits per heavy atom. The number of aliphatic hydroxyl groups excluding tert-OH is 1. The van der Waals surface area contributed by atoms with Crippen molar-refractivity contribution in [2.45, 2.75) is 109 Å². The minimum Gasteiger partial charge on any atom is -0.469 e. The number of ether oxygens (including phenoxy) is 2. The molecule has 0 radical (unpaired) electrons. The Hall–Kier alpha value is -0.433. The summed E-state index contributed by atoms with van der Waals surface area (Å²) in [5, 5.41) is 12.1. The molecule has 1 heterocycles. The molecule has 0 unspecified atom stereocenters. The van der Waals surface area contributed by atoms with Crippen LogP contribution in [-0.2, 0) is 18.7 Å². The van der Waals surface area contributed by atoms with Gasteiger partial charge in [-0.1, -0.05) is 47.0 Å². The summed E-state index contributed by atoms with van der Waals surface area (Å²) in [6.07, 6.45) is 7.73. The molecule has 1 saturated heterocycles. The average Bonchev–Trinajstić information content (AvgIpc) is 3.44. The highest BCUT2D eigenvalue weighted by atomic mass is 28.4. The molecule has 3 aliphatic carbocycles. The van der Waals surface area contributed by atoms with Gasteiger partial charge >= 0.3 is 5.97 Å². The molecular formula is C27H48O5Si. The van der Waals surface area contributed by atoms with Gasteiger partial charge in [-0.05, 0) is 61.6 Å². The van der Waals surface area contributed by atoms with E-state index in [9.17, 15) is 9.90 Å². The van der Waals surface area contributed by atoms with Crippen LogP contribution in [-0.4, -0.2) is 51.9 Å². The predicted molar refractivity (Wildman–Crippen MR) is 132 cm³/mol. The highest BCUT2D eigenvalue weighted by Gasteiger charge is 2.70. The predicted octanol–water partition coefficient (Wildman–Crippen LogP) is 5.56. The van der Waals surface area contributed by atoms with Crippen LogP contribution in [0.25, 0.3) is 0 Å². The van der Waals surface area contributed by atoms with E-state index in [-0.39, 0.29) is 39.8 Å². The van der Waals surface area contributed by atoms with Crippen molar-refractivity contribution in [2.75, 3.05) is 20.3 Å². The summed E-state index contributed by atoms with van der Waals surface area (Å²) in [4.78, 5) is 12.9. The lowest BCUT2D eigenvalue weighted by Gasteiger charge is -2.64. The van der Waals surface area contributed by atoms with E-state index < -0.39 is 14.4 Å². The molecule has 4 aliphatic rings. The zero-order chi connectivity index (χ0) is 24.2. The quantitative estimate of drug-likeness (QED) is 0.398. The molecule has 3 saturated carbocycles. The van der Waals surface area contributed by atoms with Crippen molar-refractivity contribution >= 4 is 14.3 Å². The second-order valence-electron chi connectivity index (χ2n) is 13.4. The third kappa shape index (κ3) is 4.05. The monoisotopic (exact) mass is 480 g/mol. The van der Waals surface area contributed by atoms with Crippen molar-refractivity contribution in [3.63, 3.8) is 0 Å². The summed E-state index contributed by atoms with van der Waals surface area (Å²) in [6.45, 7) is 15.2. The van der Waals surface area contributed by atoms with E-state index >= 15 is 0 Å². The molecule has 4 rings (SSSR count). The molecule has 4 fully saturated rings. The minimum absolute atomic E-state index is 0.0473. The van der Waals surface area contributed by atoms with Crippen molar-refractivity contribution in [2.24, 2.45) is 34.5 Å². The third-order valence-corrected chi connectivity index (χ3v) is 15.5. The Morgan fingerprint density at radius 3 is 2.42 bits per heavy atom. The fraction of sp³-hybridized carbons (Fsp3) is 0.963. The number of carbonyl (C=O) groups excluding carboxylic acids is 1. The SMILES string of the molecule is COC(=O)C[C@@H]1[C@@]2(CO[Si](C)(C)C(C)(C)C)CCC[C@H]3CO[C@H]([C@@H]32)[C@H](O)[C@@]1(C)C1CCCC1. The standard InChI is InChI=1S/C27H48O5Si/c1-25(2,3)33(6,7)32-17-27-14-10-11-18-16-31-23(22(18)27)24(29)26(4,19-12-8-9-13-19)20(27)15-21(28)30-5/h18-20,22-24,29H,8-17H2,1-7H3/t18-,20-,22+,23+,24-,26-,27-/m0/s1. The van der Waals surface area contributed by atoms with E-state index in [4.69, 9.17) is 13.9 Å². The van der Waals surface area contributed by atoms with Crippen LogP contribution < -0.4 is 0 Å². The van der Waals surface area contributed by atoms with Gasteiger partial charge in [0, 0.05) is 29.8 Å². The molecule has 1 N–H and O–H groups in total. The molecule has 7 atom stereocenters. The Morgan fingerprint density at radius 2 is 1.82 bits per heavy atom. The van der Waals surface area contributed by atoms with Crippen LogP contribution in [0.2, 0.25) is 18.1 Å². The third-order valence-electron chi connectivity index (χ3n) is 11.0. The Balaban J connectivity index is 1.81. The second kappa shape index (κ2) is 8.90. The zero-order valence-corrected chi connectivity index (χ0v) is 23.1. The summed E-state index contributed by atoms with van der Waals surface area (Å²) in [5.74, 6) is 1.02. The smallest absolute Gasteiger partial charge is 0.305 e. The lowest BCUT2D eigenvalue weighted by molar-refractivity contribution is -0.234. The normalized spacial score (nSPS) is 41.8. The molecule has 1 aliphatic heterocycles. The van der Waals surface area contributed by atoms with Crippen molar-refractivity contribution < 1.29 is 23.8 Å². The van der Waals surface area contributed by atoms with Gasteiger partial charge in [0.25, 0.3) is 0 Å². The largest absolute Gasteiger partial charge is 0.469 e. The van der Waals surface area contributed by atoms with Crippen molar-refractivity contribution in [1.82, 2.24) is 0 Å². The topological polar surface area (TPSA) is 65.0 Å². The van der Waals surface area contributed by atoms with Crippen molar-refractivity contribution in [3.8, 4) is 0 Å². The van der Waals surface area contributed by atoms with Crippen LogP contribution in [0.5, 0.6) is 0 Å². The van der Waals surface area contributed by atoms with Gasteiger partial charge in [-0.15, -0.1) is 0 Å². The Labute approximate surface area is 202 Å². The minimum atomic E-state index is -1.99. The highest BCUT2D eigenvalue weighted by Crippen LogP contribution is 2.68. The number of esters is 1. The summed E-state index contributed by atoms with van der Waals surface area (Å²) < 4.78 is 18.7. The lowest BCUT2D eigenvalue weighted by Crippen LogP contribution is -2.68. The summed E-state index contributed by atoms with van der Waals surface area (Å²) in [5.41, 5.74) is -0.515. The van der Waals surface area contributed by atoms with Crippen LogP contribution >= 0.6 is 0 Å². The van der Waals surface area contributed by atoms with Crippen LogP contribution in [0.4, 0.5) is 0 Å². The summed E-state index contributed by atoms with van der Waals surface area (Å²) in [6, 6.07) is 0. The van der Waals surface area contributed by atoms with E-state index in [1.54, 1.807) is 0 Å². The molecule has 0 amide bonds. The van der Waals surface area contributed by atoms with E-state index in [1.165, 1.54) is 20.0 Å². The molecule has 0 aromatic carbocycles. The molecule has 5 nitrogen and oxygen atoms in total. The van der Waals surface area contributed by atoms with Crippen LogP contribution in [0.1, 0.15) is 79.1 Å². The fourth-order valence-electron chi connectivity index (χ4n) is 8.05. The first-order chi connectivity index (χ1) is 15.4. The Bertz CT molecular complexity index is 727. The van der Waals surface area contributed by atoms with Gasteiger partial charge in [0.05, 0.1) is 25.9 Å². The first-order valence-corrected chi connectivity index (χ1v) is 16.3. The van der Waals surface area contributed by atoms with Crippen molar-refractivity contribution in [1.29, 1.82) is 0 Å². The number of rotatable bonds is 6. The van der Waals surface area contributed by atoms with Crippen LogP contribution in [0, 0.1) is 34.5 Å². The number of carbonyl (C=O) groups is 1. The van der Waals surface area contributed by atoms with E-state index in [0.29, 0.717) is 24.9 Å². The van der Waals surface area contributed by atoms with Crippen LogP contribution in [0.15, 0.2) is 0 Å². The highest BCUT2D eigenvalue weighted by molar-refractivity contribution is 6.74. The van der Waals surface area contributed by atoms with Gasteiger partial charge in [0.1, 0.15) is 0 Å². The molecule has 0 aromatic rings. The maximum Gasteiger partial charge on any atom is 0.305 e. The molecular weight excluding hydrogens is 432 g/mol. The molecule has 33 heavy (non-hydrogen) atoms. The van der Waals surface area contributed by atoms with Gasteiger partial charge in [0.2, 0.25) is 0 Å². The summed E-state index contributed by atoms with van der Waals surface area (Å²) >= 11 is 0. The average molecular weight is 481 g/mol. The molecule has 6 heteroatoms. The molecule has 0 aromatic heterocycles. The molecule has 190 valence electrons. The first kappa shape index (κ1) is 25.7. The van der Waals surface area contributed by atoms with Gasteiger partial charge in [0.15, 0.2) is 8.32 Å². The second-order valence-corrected chi connectivity index (χ2v) is 18.2. The number of methoxy groups -OCH3 is 1. The molecule has 0 spiro atoms.